The smallest absolute Gasteiger partial charge is 0.338 e. The molecule has 182 valence electrons. The lowest BCUT2D eigenvalue weighted by Gasteiger charge is -2.24. The van der Waals surface area contributed by atoms with Crippen molar-refractivity contribution in [1.29, 1.82) is 0 Å². The maximum Gasteiger partial charge on any atom is 0.338 e. The number of hydrogen-bond acceptors (Lipinski definition) is 5. The van der Waals surface area contributed by atoms with Gasteiger partial charge in [-0.15, -0.1) is 0 Å². The molecule has 1 saturated carbocycles. The molecule has 1 heterocycles. The van der Waals surface area contributed by atoms with Gasteiger partial charge in [0, 0.05) is 18.1 Å². The van der Waals surface area contributed by atoms with E-state index in [1.807, 2.05) is 24.3 Å². The molecule has 0 N–H and O–H groups in total. The highest BCUT2D eigenvalue weighted by Crippen LogP contribution is 2.33. The minimum absolute atomic E-state index is 0.0946. The van der Waals surface area contributed by atoms with Crippen molar-refractivity contribution in [3.05, 3.63) is 89.7 Å². The molecule has 0 unspecified atom stereocenters. The van der Waals surface area contributed by atoms with Gasteiger partial charge in [0.05, 0.1) is 18.7 Å². The molecule has 3 aromatic rings. The van der Waals surface area contributed by atoms with E-state index in [4.69, 9.17) is 9.47 Å². The van der Waals surface area contributed by atoms with Crippen LogP contribution in [0.2, 0.25) is 0 Å². The predicted octanol–water partition coefficient (Wildman–Crippen LogP) is 5.92. The fourth-order valence-corrected chi connectivity index (χ4v) is 4.48. The van der Waals surface area contributed by atoms with Gasteiger partial charge in [-0.2, -0.15) is 0 Å². The molecular formula is C29H32N2O4. The summed E-state index contributed by atoms with van der Waals surface area (Å²) in [7, 11) is 0. The maximum absolute atomic E-state index is 13.2. The first kappa shape index (κ1) is 24.5. The van der Waals surface area contributed by atoms with E-state index in [2.05, 4.69) is 17.1 Å². The summed E-state index contributed by atoms with van der Waals surface area (Å²) >= 11 is 0. The van der Waals surface area contributed by atoms with Crippen molar-refractivity contribution in [2.24, 2.45) is 0 Å². The third-order valence-electron chi connectivity index (χ3n) is 6.37. The summed E-state index contributed by atoms with van der Waals surface area (Å²) in [5.41, 5.74) is 3.36. The fraction of sp³-hybridized carbons (Fsp3) is 0.345. The summed E-state index contributed by atoms with van der Waals surface area (Å²) in [4.78, 5) is 31.0. The molecule has 0 spiro atoms. The van der Waals surface area contributed by atoms with Crippen LogP contribution in [0.5, 0.6) is 5.75 Å². The Morgan fingerprint density at radius 3 is 2.37 bits per heavy atom. The molecule has 0 saturated heterocycles. The van der Waals surface area contributed by atoms with E-state index >= 15 is 0 Å². The zero-order valence-electron chi connectivity index (χ0n) is 20.2. The summed E-state index contributed by atoms with van der Waals surface area (Å²) in [6.07, 6.45) is 9.85. The Bertz CT molecular complexity index is 1090. The number of esters is 1. The number of rotatable bonds is 9. The molecule has 4 rings (SSSR count). The summed E-state index contributed by atoms with van der Waals surface area (Å²) in [6.45, 7) is 2.33. The number of aromatic nitrogens is 1. The summed E-state index contributed by atoms with van der Waals surface area (Å²) in [5.74, 6) is 0.738. The van der Waals surface area contributed by atoms with Crippen LogP contribution < -0.4 is 9.64 Å². The molecule has 0 bridgehead atoms. The molecule has 0 radical (unpaired) electrons. The van der Waals surface area contributed by atoms with Gasteiger partial charge < -0.3 is 14.4 Å². The van der Waals surface area contributed by atoms with Gasteiger partial charge >= 0.3 is 5.97 Å². The lowest BCUT2D eigenvalue weighted by Crippen LogP contribution is -2.34. The Labute approximate surface area is 206 Å². The average Bonchev–Trinajstić information content (AvgIpc) is 2.92. The first-order valence-electron chi connectivity index (χ1n) is 12.3. The number of benzene rings is 2. The Hall–Kier alpha value is -3.67. The van der Waals surface area contributed by atoms with Crippen molar-refractivity contribution in [2.45, 2.75) is 51.5 Å². The number of nitrogens with zero attached hydrogens (tertiary/aromatic N) is 2. The SMILES string of the molecule is CCOC(=O)c1ccc(N(Cc2cccnc2)C(=O)COc2ccc(C3CCCCC3)cc2)cc1. The Morgan fingerprint density at radius 1 is 0.971 bits per heavy atom. The molecule has 1 aliphatic rings. The highest BCUT2D eigenvalue weighted by Gasteiger charge is 2.19. The zero-order chi connectivity index (χ0) is 24.5. The van der Waals surface area contributed by atoms with E-state index in [0.29, 0.717) is 36.1 Å². The molecule has 6 heteroatoms. The molecule has 6 nitrogen and oxygen atoms in total. The summed E-state index contributed by atoms with van der Waals surface area (Å²) < 4.78 is 10.9. The summed E-state index contributed by atoms with van der Waals surface area (Å²) in [5, 5.41) is 0. The molecular weight excluding hydrogens is 440 g/mol. The van der Waals surface area contributed by atoms with E-state index in [0.717, 1.165) is 5.56 Å². The van der Waals surface area contributed by atoms with Crippen LogP contribution in [-0.4, -0.2) is 30.1 Å². The van der Waals surface area contributed by atoms with Gasteiger partial charge in [-0.25, -0.2) is 4.79 Å². The molecule has 35 heavy (non-hydrogen) atoms. The third kappa shape index (κ3) is 6.69. The second kappa shape index (κ2) is 12.2. The second-order valence-corrected chi connectivity index (χ2v) is 8.80. The summed E-state index contributed by atoms with van der Waals surface area (Å²) in [6, 6.07) is 18.8. The molecule has 1 amide bonds. The molecule has 2 aromatic carbocycles. The number of pyridine rings is 1. The minimum atomic E-state index is -0.385. The van der Waals surface area contributed by atoms with E-state index in [1.165, 1.54) is 37.7 Å². The first-order chi connectivity index (χ1) is 17.1. The van der Waals surface area contributed by atoms with Gasteiger partial charge in [0.15, 0.2) is 6.61 Å². The molecule has 1 aliphatic carbocycles. The van der Waals surface area contributed by atoms with Crippen LogP contribution in [-0.2, 0) is 16.1 Å². The second-order valence-electron chi connectivity index (χ2n) is 8.80. The van der Waals surface area contributed by atoms with Crippen LogP contribution in [0.4, 0.5) is 5.69 Å². The lowest BCUT2D eigenvalue weighted by atomic mass is 9.84. The molecule has 1 fully saturated rings. The fourth-order valence-electron chi connectivity index (χ4n) is 4.48. The number of carbonyl (C=O) groups is 2. The Morgan fingerprint density at radius 2 is 1.71 bits per heavy atom. The quantitative estimate of drug-likeness (QED) is 0.362. The number of anilines is 1. The normalized spacial score (nSPS) is 13.7. The van der Waals surface area contributed by atoms with E-state index in [9.17, 15) is 9.59 Å². The maximum atomic E-state index is 13.2. The van der Waals surface area contributed by atoms with Gasteiger partial charge in [0.25, 0.3) is 5.91 Å². The van der Waals surface area contributed by atoms with Crippen molar-refractivity contribution in [3.8, 4) is 5.75 Å². The van der Waals surface area contributed by atoms with Gasteiger partial charge in [-0.1, -0.05) is 37.5 Å². The van der Waals surface area contributed by atoms with E-state index in [-0.39, 0.29) is 18.5 Å². The van der Waals surface area contributed by atoms with Gasteiger partial charge in [0.1, 0.15) is 5.75 Å². The highest BCUT2D eigenvalue weighted by molar-refractivity contribution is 5.95. The van der Waals surface area contributed by atoms with Crippen LogP contribution >= 0.6 is 0 Å². The largest absolute Gasteiger partial charge is 0.484 e. The monoisotopic (exact) mass is 472 g/mol. The first-order valence-corrected chi connectivity index (χ1v) is 12.3. The van der Waals surface area contributed by atoms with Crippen LogP contribution in [0.3, 0.4) is 0 Å². The van der Waals surface area contributed by atoms with Crippen molar-refractivity contribution < 1.29 is 19.1 Å². The molecule has 0 atom stereocenters. The van der Waals surface area contributed by atoms with Crippen LogP contribution in [0.25, 0.3) is 0 Å². The zero-order valence-corrected chi connectivity index (χ0v) is 20.2. The number of amides is 1. The van der Waals surface area contributed by atoms with Crippen molar-refractivity contribution >= 4 is 17.6 Å². The van der Waals surface area contributed by atoms with Crippen molar-refractivity contribution in [3.63, 3.8) is 0 Å². The minimum Gasteiger partial charge on any atom is -0.484 e. The van der Waals surface area contributed by atoms with Gasteiger partial charge in [-0.3, -0.25) is 9.78 Å². The van der Waals surface area contributed by atoms with E-state index in [1.54, 1.807) is 48.5 Å². The third-order valence-corrected chi connectivity index (χ3v) is 6.37. The van der Waals surface area contributed by atoms with Crippen molar-refractivity contribution in [2.75, 3.05) is 18.1 Å². The Balaban J connectivity index is 1.44. The predicted molar refractivity (Wildman–Crippen MR) is 136 cm³/mol. The van der Waals surface area contributed by atoms with Crippen LogP contribution in [0, 0.1) is 0 Å². The number of carbonyl (C=O) groups excluding carboxylic acids is 2. The van der Waals surface area contributed by atoms with Crippen LogP contribution in [0.15, 0.2) is 73.1 Å². The Kier molecular flexibility index (Phi) is 8.49. The van der Waals surface area contributed by atoms with Crippen molar-refractivity contribution in [1.82, 2.24) is 4.98 Å². The topological polar surface area (TPSA) is 68.7 Å². The van der Waals surface area contributed by atoms with Crippen LogP contribution in [0.1, 0.15) is 66.4 Å². The molecule has 1 aromatic heterocycles. The number of hydrogen-bond donors (Lipinski definition) is 0. The highest BCUT2D eigenvalue weighted by atomic mass is 16.5. The number of ether oxygens (including phenoxy) is 2. The average molecular weight is 473 g/mol. The van der Waals surface area contributed by atoms with E-state index < -0.39 is 0 Å². The molecule has 0 aliphatic heterocycles. The lowest BCUT2D eigenvalue weighted by molar-refractivity contribution is -0.120. The van der Waals surface area contributed by atoms with Gasteiger partial charge in [0.2, 0.25) is 0 Å². The van der Waals surface area contributed by atoms with Gasteiger partial charge in [-0.05, 0) is 79.3 Å². The standard InChI is InChI=1S/C29H32N2O4/c1-2-34-29(33)25-10-14-26(15-11-25)31(20-22-7-6-18-30-19-22)28(32)21-35-27-16-12-24(13-17-27)23-8-4-3-5-9-23/h6-7,10-19,23H,2-5,8-9,20-21H2,1H3.